The van der Waals surface area contributed by atoms with Crippen molar-refractivity contribution in [1.82, 2.24) is 5.32 Å². The van der Waals surface area contributed by atoms with Crippen molar-refractivity contribution >= 4 is 11.9 Å². The first-order valence-corrected chi connectivity index (χ1v) is 10.2. The number of carbonyl (C=O) groups excluding carboxylic acids is 1. The SMILES string of the molecule is CC1(COc2cc(F)c(C(=O)NC(C(=O)O)C(F)(F)F)cc2C2CC2)CC=C2CC2C1. The van der Waals surface area contributed by atoms with Gasteiger partial charge in [-0.3, -0.25) is 4.79 Å². The summed E-state index contributed by atoms with van der Waals surface area (Å²) in [6.07, 6.45) is 1.61. The zero-order valence-electron chi connectivity index (χ0n) is 16.9. The predicted molar refractivity (Wildman–Crippen MR) is 102 cm³/mol. The Balaban J connectivity index is 1.53. The third-order valence-corrected chi connectivity index (χ3v) is 6.23. The van der Waals surface area contributed by atoms with E-state index in [1.54, 1.807) is 0 Å². The van der Waals surface area contributed by atoms with Crippen LogP contribution in [0.2, 0.25) is 0 Å². The van der Waals surface area contributed by atoms with E-state index in [4.69, 9.17) is 9.84 Å². The van der Waals surface area contributed by atoms with Gasteiger partial charge in [-0.15, -0.1) is 0 Å². The number of halogens is 4. The van der Waals surface area contributed by atoms with Crippen molar-refractivity contribution in [2.75, 3.05) is 6.61 Å². The zero-order chi connectivity index (χ0) is 22.6. The zero-order valence-corrected chi connectivity index (χ0v) is 16.9. The first-order chi connectivity index (χ1) is 14.5. The quantitative estimate of drug-likeness (QED) is 0.480. The van der Waals surface area contributed by atoms with Crippen molar-refractivity contribution in [3.05, 3.63) is 40.7 Å². The molecule has 3 aliphatic rings. The number of hydrogen-bond donors (Lipinski definition) is 2. The highest BCUT2D eigenvalue weighted by molar-refractivity contribution is 5.97. The molecule has 5 nitrogen and oxygen atoms in total. The van der Waals surface area contributed by atoms with Crippen LogP contribution in [0.4, 0.5) is 17.6 Å². The van der Waals surface area contributed by atoms with E-state index in [2.05, 4.69) is 13.0 Å². The van der Waals surface area contributed by atoms with Crippen molar-refractivity contribution in [3.8, 4) is 5.75 Å². The normalized spacial score (nSPS) is 25.8. The summed E-state index contributed by atoms with van der Waals surface area (Å²) in [4.78, 5) is 23.1. The van der Waals surface area contributed by atoms with Gasteiger partial charge in [-0.25, -0.2) is 9.18 Å². The molecule has 0 heterocycles. The molecule has 0 radical (unpaired) electrons. The number of amides is 1. The molecule has 1 aromatic rings. The van der Waals surface area contributed by atoms with Crippen LogP contribution in [0.25, 0.3) is 0 Å². The van der Waals surface area contributed by atoms with E-state index in [0.29, 0.717) is 18.1 Å². The fourth-order valence-electron chi connectivity index (χ4n) is 4.18. The molecule has 1 aromatic carbocycles. The standard InChI is InChI=1S/C22H23F4NO4/c1-21(5-4-12-6-13(12)9-21)10-31-17-8-16(23)15(7-14(17)11-2-3-11)19(28)27-18(20(29)30)22(24,25)26/h4,7-8,11,13,18H,2-3,5-6,9-10H2,1H3,(H,27,28)(H,29,30). The van der Waals surface area contributed by atoms with Crippen LogP contribution in [0.3, 0.4) is 0 Å². The van der Waals surface area contributed by atoms with Crippen LogP contribution in [0.5, 0.6) is 5.75 Å². The van der Waals surface area contributed by atoms with Crippen LogP contribution >= 0.6 is 0 Å². The number of rotatable bonds is 7. The summed E-state index contributed by atoms with van der Waals surface area (Å²) < 4.78 is 59.2. The average molecular weight is 441 g/mol. The van der Waals surface area contributed by atoms with Crippen molar-refractivity contribution in [3.63, 3.8) is 0 Å². The van der Waals surface area contributed by atoms with E-state index in [1.807, 2.05) is 0 Å². The van der Waals surface area contributed by atoms with Crippen molar-refractivity contribution < 1.29 is 37.0 Å². The van der Waals surface area contributed by atoms with Crippen LogP contribution in [0.15, 0.2) is 23.8 Å². The Morgan fingerprint density at radius 3 is 2.58 bits per heavy atom. The Morgan fingerprint density at radius 2 is 2.00 bits per heavy atom. The minimum absolute atomic E-state index is 0.0362. The first-order valence-electron chi connectivity index (χ1n) is 10.2. The van der Waals surface area contributed by atoms with Gasteiger partial charge in [0, 0.05) is 11.5 Å². The monoisotopic (exact) mass is 441 g/mol. The molecule has 0 bridgehead atoms. The van der Waals surface area contributed by atoms with Gasteiger partial charge in [-0.2, -0.15) is 13.2 Å². The molecule has 0 aromatic heterocycles. The molecule has 3 atom stereocenters. The van der Waals surface area contributed by atoms with Crippen molar-refractivity contribution in [2.24, 2.45) is 11.3 Å². The van der Waals surface area contributed by atoms with Gasteiger partial charge in [0.25, 0.3) is 5.91 Å². The van der Waals surface area contributed by atoms with Crippen molar-refractivity contribution in [1.29, 1.82) is 0 Å². The lowest BCUT2D eigenvalue weighted by atomic mass is 9.79. The Morgan fingerprint density at radius 1 is 1.29 bits per heavy atom. The number of fused-ring (bicyclic) bond motifs is 1. The van der Waals surface area contributed by atoms with Gasteiger partial charge in [0.05, 0.1) is 12.2 Å². The summed E-state index contributed by atoms with van der Waals surface area (Å²) in [5.74, 6) is -3.83. The smallest absolute Gasteiger partial charge is 0.419 e. The van der Waals surface area contributed by atoms with Gasteiger partial charge < -0.3 is 15.2 Å². The number of allylic oxidation sites excluding steroid dienone is 2. The lowest BCUT2D eigenvalue weighted by Crippen LogP contribution is -2.50. The van der Waals surface area contributed by atoms with Gasteiger partial charge in [-0.05, 0) is 55.6 Å². The molecule has 3 aliphatic carbocycles. The second kappa shape index (κ2) is 7.53. The average Bonchev–Trinajstić information content (AvgIpc) is 3.57. The maximum atomic E-state index is 14.7. The molecule has 0 saturated heterocycles. The summed E-state index contributed by atoms with van der Waals surface area (Å²) >= 11 is 0. The number of carbonyl (C=O) groups is 2. The number of benzene rings is 1. The lowest BCUT2D eigenvalue weighted by Gasteiger charge is -2.31. The number of aliphatic carboxylic acids is 1. The van der Waals surface area contributed by atoms with Gasteiger partial charge in [-0.1, -0.05) is 18.6 Å². The number of carboxylic acid groups (broad SMARTS) is 1. The predicted octanol–water partition coefficient (Wildman–Crippen LogP) is 4.57. The molecule has 2 fully saturated rings. The second-order valence-corrected chi connectivity index (χ2v) is 9.12. The van der Waals surface area contributed by atoms with Crippen LogP contribution in [-0.4, -0.2) is 35.8 Å². The molecule has 168 valence electrons. The molecule has 9 heteroatoms. The lowest BCUT2D eigenvalue weighted by molar-refractivity contribution is -0.178. The highest BCUT2D eigenvalue weighted by Crippen LogP contribution is 2.52. The number of alkyl halides is 3. The molecule has 2 saturated carbocycles. The van der Waals surface area contributed by atoms with Gasteiger partial charge >= 0.3 is 12.1 Å². The Labute approximate surface area is 176 Å². The highest BCUT2D eigenvalue weighted by Gasteiger charge is 2.47. The minimum Gasteiger partial charge on any atom is -0.493 e. The fraction of sp³-hybridized carbons (Fsp3) is 0.545. The molecule has 2 N–H and O–H groups in total. The first kappa shape index (κ1) is 21.6. The topological polar surface area (TPSA) is 75.6 Å². The van der Waals surface area contributed by atoms with E-state index >= 15 is 0 Å². The number of hydrogen-bond acceptors (Lipinski definition) is 3. The Hall–Kier alpha value is -2.58. The largest absolute Gasteiger partial charge is 0.493 e. The summed E-state index contributed by atoms with van der Waals surface area (Å²) in [6.45, 7) is 2.48. The molecule has 0 spiro atoms. The van der Waals surface area contributed by atoms with Crippen LogP contribution in [0, 0.1) is 17.2 Å². The second-order valence-electron chi connectivity index (χ2n) is 9.12. The third-order valence-electron chi connectivity index (χ3n) is 6.23. The Kier molecular flexibility index (Phi) is 5.26. The van der Waals surface area contributed by atoms with Crippen LogP contribution in [0.1, 0.15) is 60.9 Å². The third kappa shape index (κ3) is 4.70. The summed E-state index contributed by atoms with van der Waals surface area (Å²) in [7, 11) is 0. The molecule has 31 heavy (non-hydrogen) atoms. The summed E-state index contributed by atoms with van der Waals surface area (Å²) in [6, 6.07) is -0.905. The summed E-state index contributed by atoms with van der Waals surface area (Å²) in [5, 5.41) is 10.1. The van der Waals surface area contributed by atoms with Gasteiger partial charge in [0.15, 0.2) is 0 Å². The van der Waals surface area contributed by atoms with E-state index in [1.165, 1.54) is 17.0 Å². The van der Waals surface area contributed by atoms with E-state index in [0.717, 1.165) is 38.2 Å². The van der Waals surface area contributed by atoms with Crippen LogP contribution in [-0.2, 0) is 4.79 Å². The summed E-state index contributed by atoms with van der Waals surface area (Å²) in [5.41, 5.74) is 1.34. The van der Waals surface area contributed by atoms with E-state index in [9.17, 15) is 27.2 Å². The molecule has 3 unspecified atom stereocenters. The number of carboxylic acids is 1. The fourth-order valence-corrected chi connectivity index (χ4v) is 4.18. The molecular weight excluding hydrogens is 418 g/mol. The maximum absolute atomic E-state index is 14.7. The number of ether oxygens (including phenoxy) is 1. The molecular formula is C22H23F4NO4. The molecule has 4 rings (SSSR count). The molecule has 0 aliphatic heterocycles. The highest BCUT2D eigenvalue weighted by atomic mass is 19.4. The van der Waals surface area contributed by atoms with E-state index in [-0.39, 0.29) is 17.1 Å². The Bertz CT molecular complexity index is 954. The van der Waals surface area contributed by atoms with E-state index < -0.39 is 35.5 Å². The minimum atomic E-state index is -5.20. The van der Waals surface area contributed by atoms with Crippen molar-refractivity contribution in [2.45, 2.75) is 57.2 Å². The number of nitrogens with one attached hydrogen (secondary N) is 1. The van der Waals surface area contributed by atoms with Gasteiger partial charge in [0.2, 0.25) is 6.04 Å². The van der Waals surface area contributed by atoms with Crippen LogP contribution < -0.4 is 10.1 Å². The molecule has 1 amide bonds. The van der Waals surface area contributed by atoms with Gasteiger partial charge in [0.1, 0.15) is 11.6 Å². The maximum Gasteiger partial charge on any atom is 0.419 e.